The van der Waals surface area contributed by atoms with Crippen LogP contribution in [0.5, 0.6) is 0 Å². The topological polar surface area (TPSA) is 54.9 Å². The molecular weight excluding hydrogens is 309 g/mol. The van der Waals surface area contributed by atoms with Crippen LogP contribution in [0.1, 0.15) is 15.9 Å². The van der Waals surface area contributed by atoms with Gasteiger partial charge in [0.05, 0.1) is 0 Å². The van der Waals surface area contributed by atoms with E-state index in [0.29, 0.717) is 17.3 Å². The number of rotatable bonds is 3. The van der Waals surface area contributed by atoms with Crippen molar-refractivity contribution in [3.63, 3.8) is 0 Å². The van der Waals surface area contributed by atoms with E-state index in [2.05, 4.69) is 15.3 Å². The molecule has 0 fully saturated rings. The highest BCUT2D eigenvalue weighted by molar-refractivity contribution is 6.33. The lowest BCUT2D eigenvalue weighted by molar-refractivity contribution is 0.0951. The van der Waals surface area contributed by atoms with Crippen LogP contribution < -0.4 is 5.32 Å². The maximum atomic E-state index is 11.9. The van der Waals surface area contributed by atoms with Crippen LogP contribution >= 0.6 is 34.8 Å². The molecule has 1 N–H and O–H groups in total. The van der Waals surface area contributed by atoms with Crippen molar-refractivity contribution in [1.29, 1.82) is 0 Å². The summed E-state index contributed by atoms with van der Waals surface area (Å²) in [6.45, 7) is 0.334. The van der Waals surface area contributed by atoms with Crippen molar-refractivity contribution in [2.75, 3.05) is 0 Å². The fourth-order valence-corrected chi connectivity index (χ4v) is 1.96. The van der Waals surface area contributed by atoms with Gasteiger partial charge in [-0.2, -0.15) is 0 Å². The van der Waals surface area contributed by atoms with E-state index in [1.165, 1.54) is 12.1 Å². The number of aromatic nitrogens is 2. The second kappa shape index (κ2) is 6.19. The molecule has 0 radical (unpaired) electrons. The number of hydrogen-bond donors (Lipinski definition) is 1. The van der Waals surface area contributed by atoms with Gasteiger partial charge in [-0.25, -0.2) is 9.97 Å². The SMILES string of the molecule is O=C(NCc1ccc(Cl)nc1)c1cc(Cl)nc(Cl)c1. The summed E-state index contributed by atoms with van der Waals surface area (Å²) in [5.74, 6) is -0.291. The first-order valence-electron chi connectivity index (χ1n) is 5.26. The smallest absolute Gasteiger partial charge is 0.251 e. The molecule has 0 atom stereocenters. The molecule has 4 nitrogen and oxygen atoms in total. The average Bonchev–Trinajstić information content (AvgIpc) is 2.36. The molecule has 2 aromatic heterocycles. The molecule has 98 valence electrons. The van der Waals surface area contributed by atoms with Crippen molar-refractivity contribution in [1.82, 2.24) is 15.3 Å². The minimum absolute atomic E-state index is 0.172. The molecule has 0 bridgehead atoms. The first-order chi connectivity index (χ1) is 9.04. The number of nitrogens with one attached hydrogen (secondary N) is 1. The van der Waals surface area contributed by atoms with Gasteiger partial charge < -0.3 is 5.32 Å². The average molecular weight is 317 g/mol. The molecule has 0 saturated carbocycles. The van der Waals surface area contributed by atoms with Crippen molar-refractivity contribution >= 4 is 40.7 Å². The number of halogens is 3. The lowest BCUT2D eigenvalue weighted by Gasteiger charge is -2.06. The Hall–Kier alpha value is -1.36. The molecule has 0 saturated heterocycles. The molecule has 0 aromatic carbocycles. The number of carbonyl (C=O) groups excluding carboxylic acids is 1. The Kier molecular flexibility index (Phi) is 4.58. The largest absolute Gasteiger partial charge is 0.348 e. The zero-order valence-corrected chi connectivity index (χ0v) is 11.8. The van der Waals surface area contributed by atoms with Gasteiger partial charge in [-0.3, -0.25) is 4.79 Å². The van der Waals surface area contributed by atoms with Crippen LogP contribution in [0, 0.1) is 0 Å². The number of pyridine rings is 2. The Balaban J connectivity index is 2.03. The van der Waals surface area contributed by atoms with E-state index in [4.69, 9.17) is 34.8 Å². The molecule has 2 heterocycles. The van der Waals surface area contributed by atoms with Crippen LogP contribution in [0.3, 0.4) is 0 Å². The third-order valence-corrected chi connectivity index (χ3v) is 2.88. The third-order valence-electron chi connectivity index (χ3n) is 2.27. The Morgan fingerprint density at radius 2 is 1.79 bits per heavy atom. The molecule has 0 aliphatic heterocycles. The van der Waals surface area contributed by atoms with Crippen LogP contribution in [0.4, 0.5) is 0 Å². The first-order valence-corrected chi connectivity index (χ1v) is 6.40. The summed E-state index contributed by atoms with van der Waals surface area (Å²) in [5.41, 5.74) is 1.19. The molecule has 2 aromatic rings. The molecule has 19 heavy (non-hydrogen) atoms. The number of nitrogens with zero attached hydrogens (tertiary/aromatic N) is 2. The van der Waals surface area contributed by atoms with E-state index in [9.17, 15) is 4.79 Å². The van der Waals surface area contributed by atoms with E-state index >= 15 is 0 Å². The van der Waals surface area contributed by atoms with Crippen LogP contribution in [-0.4, -0.2) is 15.9 Å². The molecule has 0 aliphatic carbocycles. The Morgan fingerprint density at radius 3 is 2.37 bits per heavy atom. The number of hydrogen-bond acceptors (Lipinski definition) is 3. The van der Waals surface area contributed by atoms with Gasteiger partial charge in [-0.1, -0.05) is 40.9 Å². The minimum Gasteiger partial charge on any atom is -0.348 e. The predicted molar refractivity (Wildman–Crippen MR) is 74.7 cm³/mol. The van der Waals surface area contributed by atoms with Gasteiger partial charge in [0, 0.05) is 18.3 Å². The van der Waals surface area contributed by atoms with Gasteiger partial charge in [0.25, 0.3) is 5.91 Å². The number of amides is 1. The highest BCUT2D eigenvalue weighted by Crippen LogP contribution is 2.14. The molecule has 0 unspecified atom stereocenters. The predicted octanol–water partition coefficient (Wildman–Crippen LogP) is 3.37. The van der Waals surface area contributed by atoms with Crippen LogP contribution in [0.15, 0.2) is 30.5 Å². The minimum atomic E-state index is -0.291. The third kappa shape index (κ3) is 4.06. The molecule has 1 amide bonds. The van der Waals surface area contributed by atoms with Crippen molar-refractivity contribution in [3.05, 3.63) is 57.0 Å². The van der Waals surface area contributed by atoms with Crippen molar-refractivity contribution in [3.8, 4) is 0 Å². The Bertz CT molecular complexity index is 581. The summed E-state index contributed by atoms with van der Waals surface area (Å²) in [4.78, 5) is 19.6. The van der Waals surface area contributed by atoms with Gasteiger partial charge in [-0.05, 0) is 23.8 Å². The zero-order chi connectivity index (χ0) is 13.8. The fourth-order valence-electron chi connectivity index (χ4n) is 1.39. The highest BCUT2D eigenvalue weighted by atomic mass is 35.5. The van der Waals surface area contributed by atoms with Crippen molar-refractivity contribution < 1.29 is 4.79 Å². The molecule has 7 heteroatoms. The van der Waals surface area contributed by atoms with Gasteiger partial charge in [0.1, 0.15) is 15.5 Å². The zero-order valence-electron chi connectivity index (χ0n) is 9.53. The number of carbonyl (C=O) groups is 1. The fraction of sp³-hybridized carbons (Fsp3) is 0.0833. The monoisotopic (exact) mass is 315 g/mol. The second-order valence-electron chi connectivity index (χ2n) is 3.67. The Labute approximate surface area is 124 Å². The second-order valence-corrected chi connectivity index (χ2v) is 4.83. The van der Waals surface area contributed by atoms with E-state index in [1.807, 2.05) is 0 Å². The van der Waals surface area contributed by atoms with Crippen LogP contribution in [0.2, 0.25) is 15.5 Å². The molecule has 0 aliphatic rings. The summed E-state index contributed by atoms with van der Waals surface area (Å²) in [5, 5.41) is 3.47. The summed E-state index contributed by atoms with van der Waals surface area (Å²) >= 11 is 17.1. The van der Waals surface area contributed by atoms with Gasteiger partial charge >= 0.3 is 0 Å². The quantitative estimate of drug-likeness (QED) is 0.883. The molecule has 0 spiro atoms. The lowest BCUT2D eigenvalue weighted by atomic mass is 10.2. The molecular formula is C12H8Cl3N3O. The maximum Gasteiger partial charge on any atom is 0.251 e. The molecule has 2 rings (SSSR count). The van der Waals surface area contributed by atoms with Gasteiger partial charge in [0.15, 0.2) is 0 Å². The first kappa shape index (κ1) is 14.1. The maximum absolute atomic E-state index is 11.9. The van der Waals surface area contributed by atoms with E-state index in [1.54, 1.807) is 18.3 Å². The summed E-state index contributed by atoms with van der Waals surface area (Å²) in [6, 6.07) is 6.33. The van der Waals surface area contributed by atoms with E-state index in [-0.39, 0.29) is 16.2 Å². The van der Waals surface area contributed by atoms with Crippen molar-refractivity contribution in [2.24, 2.45) is 0 Å². The highest BCUT2D eigenvalue weighted by Gasteiger charge is 2.08. The van der Waals surface area contributed by atoms with E-state index in [0.717, 1.165) is 5.56 Å². The van der Waals surface area contributed by atoms with Gasteiger partial charge in [-0.15, -0.1) is 0 Å². The Morgan fingerprint density at radius 1 is 1.11 bits per heavy atom. The summed E-state index contributed by atoms with van der Waals surface area (Å²) in [7, 11) is 0. The van der Waals surface area contributed by atoms with Crippen LogP contribution in [-0.2, 0) is 6.54 Å². The summed E-state index contributed by atoms with van der Waals surface area (Å²) in [6.07, 6.45) is 1.59. The van der Waals surface area contributed by atoms with Crippen LogP contribution in [0.25, 0.3) is 0 Å². The lowest BCUT2D eigenvalue weighted by Crippen LogP contribution is -2.22. The standard InChI is InChI=1S/C12H8Cl3N3O/c13-9-2-1-7(5-16-9)6-17-12(19)8-3-10(14)18-11(15)4-8/h1-5H,6H2,(H,17,19). The van der Waals surface area contributed by atoms with E-state index < -0.39 is 0 Å². The summed E-state index contributed by atoms with van der Waals surface area (Å²) < 4.78 is 0. The normalized spacial score (nSPS) is 10.3. The van der Waals surface area contributed by atoms with Crippen molar-refractivity contribution in [2.45, 2.75) is 6.54 Å². The van der Waals surface area contributed by atoms with Gasteiger partial charge in [0.2, 0.25) is 0 Å².